The predicted octanol–water partition coefficient (Wildman–Crippen LogP) is 1.86. The summed E-state index contributed by atoms with van der Waals surface area (Å²) in [5, 5.41) is 0. The second-order valence-corrected chi connectivity index (χ2v) is 2.37. The summed E-state index contributed by atoms with van der Waals surface area (Å²) >= 11 is 0. The number of hydrogen-bond donors (Lipinski definition) is 0. The SMILES string of the molecule is CCN(C=C=O)c1ccccc1. The minimum Gasteiger partial charge on any atom is -0.339 e. The van der Waals surface area contributed by atoms with E-state index in [0.717, 1.165) is 12.2 Å². The minimum absolute atomic E-state index is 0.777. The van der Waals surface area contributed by atoms with Gasteiger partial charge in [0.2, 0.25) is 0 Å². The normalized spacial score (nSPS) is 8.75. The van der Waals surface area contributed by atoms with Crippen LogP contribution in [0.3, 0.4) is 0 Å². The molecule has 2 heteroatoms. The molecule has 1 aromatic rings. The van der Waals surface area contributed by atoms with Crippen LogP contribution in [0.25, 0.3) is 0 Å². The van der Waals surface area contributed by atoms with Crippen molar-refractivity contribution in [2.24, 2.45) is 0 Å². The van der Waals surface area contributed by atoms with Crippen molar-refractivity contribution in [3.05, 3.63) is 36.5 Å². The van der Waals surface area contributed by atoms with Crippen molar-refractivity contribution in [3.8, 4) is 0 Å². The summed E-state index contributed by atoms with van der Waals surface area (Å²) in [6.45, 7) is 2.76. The van der Waals surface area contributed by atoms with Crippen LogP contribution in [0.1, 0.15) is 6.92 Å². The highest BCUT2D eigenvalue weighted by molar-refractivity contribution is 5.57. The van der Waals surface area contributed by atoms with Gasteiger partial charge in [-0.3, -0.25) is 0 Å². The molecular weight excluding hydrogens is 150 g/mol. The molecular formula is C10H11NO. The predicted molar refractivity (Wildman–Crippen MR) is 49.7 cm³/mol. The topological polar surface area (TPSA) is 20.3 Å². The standard InChI is InChI=1S/C10H11NO/c1-2-11(8-9-12)10-6-4-3-5-7-10/h3-8H,2H2,1H3. The molecule has 0 radical (unpaired) electrons. The third-order valence-corrected chi connectivity index (χ3v) is 1.64. The molecule has 0 unspecified atom stereocenters. The molecule has 0 fully saturated rings. The Balaban J connectivity index is 2.87. The molecule has 0 amide bonds. The summed E-state index contributed by atoms with van der Waals surface area (Å²) in [6.07, 6.45) is 1.41. The Morgan fingerprint density at radius 3 is 2.58 bits per heavy atom. The van der Waals surface area contributed by atoms with Crippen molar-refractivity contribution < 1.29 is 4.79 Å². The van der Waals surface area contributed by atoms with Crippen LogP contribution in [0.5, 0.6) is 0 Å². The smallest absolute Gasteiger partial charge is 0.142 e. The first-order chi connectivity index (χ1) is 5.88. The molecule has 0 aliphatic carbocycles. The molecule has 62 valence electrons. The van der Waals surface area contributed by atoms with Crippen molar-refractivity contribution in [3.63, 3.8) is 0 Å². The number of para-hydroxylation sites is 1. The molecule has 0 spiro atoms. The van der Waals surface area contributed by atoms with E-state index in [-0.39, 0.29) is 0 Å². The number of carbonyl (C=O) groups excluding carboxylic acids is 1. The number of rotatable bonds is 3. The number of nitrogens with zero attached hydrogens (tertiary/aromatic N) is 1. The van der Waals surface area contributed by atoms with Crippen LogP contribution in [0.4, 0.5) is 5.69 Å². The maximum atomic E-state index is 10.1. The summed E-state index contributed by atoms with van der Waals surface area (Å²) in [6, 6.07) is 9.74. The lowest BCUT2D eigenvalue weighted by atomic mass is 10.3. The molecule has 1 aromatic carbocycles. The second-order valence-electron chi connectivity index (χ2n) is 2.37. The van der Waals surface area contributed by atoms with Gasteiger partial charge in [-0.15, -0.1) is 0 Å². The molecule has 0 N–H and O–H groups in total. The van der Waals surface area contributed by atoms with Crippen LogP contribution in [0.15, 0.2) is 36.5 Å². The van der Waals surface area contributed by atoms with Gasteiger partial charge in [0.25, 0.3) is 0 Å². The fourth-order valence-corrected chi connectivity index (χ4v) is 1.03. The lowest BCUT2D eigenvalue weighted by molar-refractivity contribution is 0.568. The highest BCUT2D eigenvalue weighted by Gasteiger charge is 1.97. The van der Waals surface area contributed by atoms with E-state index in [4.69, 9.17) is 0 Å². The maximum Gasteiger partial charge on any atom is 0.142 e. The number of hydrogen-bond acceptors (Lipinski definition) is 2. The largest absolute Gasteiger partial charge is 0.339 e. The van der Waals surface area contributed by atoms with Crippen LogP contribution < -0.4 is 4.90 Å². The Labute approximate surface area is 72.1 Å². The van der Waals surface area contributed by atoms with Crippen molar-refractivity contribution in [2.45, 2.75) is 6.92 Å². The van der Waals surface area contributed by atoms with Gasteiger partial charge in [0, 0.05) is 12.2 Å². The van der Waals surface area contributed by atoms with Crippen molar-refractivity contribution in [1.82, 2.24) is 0 Å². The highest BCUT2D eigenvalue weighted by Crippen LogP contribution is 2.11. The Morgan fingerprint density at radius 1 is 1.42 bits per heavy atom. The molecule has 0 bridgehead atoms. The molecule has 0 aliphatic rings. The summed E-state index contributed by atoms with van der Waals surface area (Å²) in [7, 11) is 0. The molecule has 0 saturated carbocycles. The van der Waals surface area contributed by atoms with Gasteiger partial charge in [-0.1, -0.05) is 18.2 Å². The second kappa shape index (κ2) is 4.37. The van der Waals surface area contributed by atoms with Gasteiger partial charge in [-0.05, 0) is 19.1 Å². The van der Waals surface area contributed by atoms with Gasteiger partial charge >= 0.3 is 0 Å². The minimum atomic E-state index is 0.777. The zero-order valence-corrected chi connectivity index (χ0v) is 7.03. The lowest BCUT2D eigenvalue weighted by Gasteiger charge is -2.15. The van der Waals surface area contributed by atoms with Crippen LogP contribution in [-0.4, -0.2) is 12.5 Å². The van der Waals surface area contributed by atoms with Gasteiger partial charge in [-0.2, -0.15) is 0 Å². The van der Waals surface area contributed by atoms with E-state index < -0.39 is 0 Å². The molecule has 0 atom stereocenters. The van der Waals surface area contributed by atoms with E-state index >= 15 is 0 Å². The zero-order chi connectivity index (χ0) is 8.81. The number of benzene rings is 1. The molecule has 2 nitrogen and oxygen atoms in total. The van der Waals surface area contributed by atoms with E-state index in [2.05, 4.69) is 0 Å². The Kier molecular flexibility index (Phi) is 3.12. The third kappa shape index (κ3) is 1.97. The summed E-state index contributed by atoms with van der Waals surface area (Å²) in [4.78, 5) is 12.0. The van der Waals surface area contributed by atoms with Gasteiger partial charge < -0.3 is 4.90 Å². The van der Waals surface area contributed by atoms with Crippen molar-refractivity contribution >= 4 is 11.6 Å². The molecule has 1 rings (SSSR count). The van der Waals surface area contributed by atoms with Crippen LogP contribution >= 0.6 is 0 Å². The summed E-state index contributed by atoms with van der Waals surface area (Å²) in [5.74, 6) is 1.77. The highest BCUT2D eigenvalue weighted by atomic mass is 16.1. The maximum absolute atomic E-state index is 10.1. The Bertz CT molecular complexity index is 275. The molecule has 0 aliphatic heterocycles. The quantitative estimate of drug-likeness (QED) is 0.630. The fraction of sp³-hybridized carbons (Fsp3) is 0.200. The molecule has 0 saturated heterocycles. The Hall–Kier alpha value is -1.53. The Morgan fingerprint density at radius 2 is 2.08 bits per heavy atom. The first-order valence-corrected chi connectivity index (χ1v) is 3.91. The molecule has 0 heterocycles. The average Bonchev–Trinajstić information content (AvgIpc) is 2.15. The van der Waals surface area contributed by atoms with Gasteiger partial charge in [0.1, 0.15) is 5.94 Å². The first-order valence-electron chi connectivity index (χ1n) is 3.91. The third-order valence-electron chi connectivity index (χ3n) is 1.64. The van der Waals surface area contributed by atoms with Crippen LogP contribution in [0, 0.1) is 0 Å². The van der Waals surface area contributed by atoms with E-state index in [1.54, 1.807) is 5.94 Å². The monoisotopic (exact) mass is 161 g/mol. The fourth-order valence-electron chi connectivity index (χ4n) is 1.03. The van der Waals surface area contributed by atoms with Gasteiger partial charge in [-0.25, -0.2) is 4.79 Å². The summed E-state index contributed by atoms with van der Waals surface area (Å²) < 4.78 is 0. The van der Waals surface area contributed by atoms with Crippen LogP contribution in [-0.2, 0) is 4.79 Å². The zero-order valence-electron chi connectivity index (χ0n) is 7.03. The number of anilines is 1. The lowest BCUT2D eigenvalue weighted by Crippen LogP contribution is -2.14. The average molecular weight is 161 g/mol. The van der Waals surface area contributed by atoms with Gasteiger partial charge in [0.05, 0.1) is 6.20 Å². The van der Waals surface area contributed by atoms with Crippen molar-refractivity contribution in [2.75, 3.05) is 11.4 Å². The van der Waals surface area contributed by atoms with Gasteiger partial charge in [0.15, 0.2) is 0 Å². The van der Waals surface area contributed by atoms with E-state index in [0.29, 0.717) is 0 Å². The summed E-state index contributed by atoms with van der Waals surface area (Å²) in [5.41, 5.74) is 1.02. The molecule has 12 heavy (non-hydrogen) atoms. The van der Waals surface area contributed by atoms with E-state index in [1.807, 2.05) is 42.2 Å². The van der Waals surface area contributed by atoms with E-state index in [9.17, 15) is 4.79 Å². The first kappa shape index (κ1) is 8.57. The van der Waals surface area contributed by atoms with E-state index in [1.165, 1.54) is 6.20 Å². The van der Waals surface area contributed by atoms with Crippen molar-refractivity contribution in [1.29, 1.82) is 0 Å². The van der Waals surface area contributed by atoms with Crippen LogP contribution in [0.2, 0.25) is 0 Å². The molecule has 0 aromatic heterocycles.